The van der Waals surface area contributed by atoms with Gasteiger partial charge in [0.15, 0.2) is 0 Å². The van der Waals surface area contributed by atoms with Gasteiger partial charge in [-0.05, 0) is 46.5 Å². The van der Waals surface area contributed by atoms with Gasteiger partial charge in [0.05, 0.1) is 11.8 Å². The minimum atomic E-state index is 0.139. The number of carbonyl (C=O) groups excluding carboxylic acids is 1. The minimum absolute atomic E-state index is 0.139. The summed E-state index contributed by atoms with van der Waals surface area (Å²) in [6, 6.07) is 0.284. The van der Waals surface area contributed by atoms with Crippen LogP contribution in [0.15, 0.2) is 4.52 Å². The van der Waals surface area contributed by atoms with E-state index in [4.69, 9.17) is 9.26 Å². The summed E-state index contributed by atoms with van der Waals surface area (Å²) >= 11 is 0. The van der Waals surface area contributed by atoms with Crippen LogP contribution >= 0.6 is 0 Å². The number of hydrogen-bond donors (Lipinski definition) is 1. The molecule has 134 valence electrons. The fraction of sp³-hybridized carbons (Fsp3) is 0.789. The maximum Gasteiger partial charge on any atom is 0.220 e. The molecule has 1 spiro atoms. The van der Waals surface area contributed by atoms with Gasteiger partial charge in [0, 0.05) is 30.0 Å². The number of rotatable bonds is 6. The van der Waals surface area contributed by atoms with Gasteiger partial charge in [-0.15, -0.1) is 0 Å². The highest BCUT2D eigenvalue weighted by molar-refractivity contribution is 5.77. The molecule has 0 saturated heterocycles. The fourth-order valence-electron chi connectivity index (χ4n) is 4.63. The van der Waals surface area contributed by atoms with Crippen LogP contribution in [0.25, 0.3) is 0 Å². The number of aromatic nitrogens is 1. The van der Waals surface area contributed by atoms with E-state index in [0.29, 0.717) is 18.9 Å². The van der Waals surface area contributed by atoms with Crippen LogP contribution in [-0.2, 0) is 16.0 Å². The summed E-state index contributed by atoms with van der Waals surface area (Å²) in [5.41, 5.74) is 2.15. The third-order valence-corrected chi connectivity index (χ3v) is 6.06. The Bertz CT molecular complexity index is 556. The highest BCUT2D eigenvalue weighted by atomic mass is 16.5. The Hall–Kier alpha value is -1.36. The molecule has 2 aliphatic carbocycles. The molecule has 2 atom stereocenters. The van der Waals surface area contributed by atoms with Crippen LogP contribution in [0.3, 0.4) is 0 Å². The minimum Gasteiger partial charge on any atom is -0.378 e. The molecule has 1 aromatic heterocycles. The standard InChI is InChI=1S/C19H30N2O3/c1-4-23-17-12-16(19(17)10-6-5-7-11-19)20-18(22)9-8-15-13(2)21-24-14(15)3/h16-17H,4-12H2,1-3H3,(H,20,22)/t16-,17-/m1/s1. The fourth-order valence-corrected chi connectivity index (χ4v) is 4.63. The Morgan fingerprint density at radius 1 is 1.33 bits per heavy atom. The molecule has 5 nitrogen and oxygen atoms in total. The molecule has 0 radical (unpaired) electrons. The van der Waals surface area contributed by atoms with Gasteiger partial charge in [-0.3, -0.25) is 4.79 Å². The lowest BCUT2D eigenvalue weighted by Crippen LogP contribution is -2.65. The highest BCUT2D eigenvalue weighted by Crippen LogP contribution is 2.53. The average molecular weight is 334 g/mol. The third-order valence-electron chi connectivity index (χ3n) is 6.06. The Balaban J connectivity index is 1.56. The molecule has 2 saturated carbocycles. The Kier molecular flexibility index (Phi) is 5.28. The van der Waals surface area contributed by atoms with Crippen LogP contribution in [0.2, 0.25) is 0 Å². The molecule has 1 N–H and O–H groups in total. The van der Waals surface area contributed by atoms with Crippen molar-refractivity contribution in [1.29, 1.82) is 0 Å². The zero-order valence-electron chi connectivity index (χ0n) is 15.2. The Labute approximate surface area is 144 Å². The van der Waals surface area contributed by atoms with Crippen LogP contribution in [-0.4, -0.2) is 29.8 Å². The number of amides is 1. The average Bonchev–Trinajstić information content (AvgIpc) is 2.91. The summed E-state index contributed by atoms with van der Waals surface area (Å²) in [5.74, 6) is 0.962. The van der Waals surface area contributed by atoms with Crippen molar-refractivity contribution >= 4 is 5.91 Å². The van der Waals surface area contributed by atoms with Crippen molar-refractivity contribution in [3.8, 4) is 0 Å². The molecule has 2 fully saturated rings. The van der Waals surface area contributed by atoms with E-state index in [2.05, 4.69) is 17.4 Å². The zero-order chi connectivity index (χ0) is 17.2. The van der Waals surface area contributed by atoms with E-state index in [1.807, 2.05) is 13.8 Å². The lowest BCUT2D eigenvalue weighted by Gasteiger charge is -2.57. The van der Waals surface area contributed by atoms with Crippen LogP contribution in [0.4, 0.5) is 0 Å². The van der Waals surface area contributed by atoms with E-state index in [-0.39, 0.29) is 17.4 Å². The molecule has 0 bridgehead atoms. The van der Waals surface area contributed by atoms with Gasteiger partial charge >= 0.3 is 0 Å². The maximum atomic E-state index is 12.5. The van der Waals surface area contributed by atoms with E-state index in [1.165, 1.54) is 32.1 Å². The normalized spacial score (nSPS) is 25.5. The second-order valence-electron chi connectivity index (χ2n) is 7.40. The third kappa shape index (κ3) is 3.23. The second-order valence-corrected chi connectivity index (χ2v) is 7.40. The van der Waals surface area contributed by atoms with Crippen molar-refractivity contribution in [2.75, 3.05) is 6.61 Å². The summed E-state index contributed by atoms with van der Waals surface area (Å²) in [4.78, 5) is 12.5. The lowest BCUT2D eigenvalue weighted by molar-refractivity contribution is -0.157. The van der Waals surface area contributed by atoms with Crippen molar-refractivity contribution in [2.24, 2.45) is 5.41 Å². The number of nitrogens with one attached hydrogen (secondary N) is 1. The summed E-state index contributed by atoms with van der Waals surface area (Å²) in [6.07, 6.45) is 8.69. The van der Waals surface area contributed by atoms with Gasteiger partial charge in [-0.1, -0.05) is 24.4 Å². The van der Waals surface area contributed by atoms with E-state index < -0.39 is 0 Å². The molecule has 24 heavy (non-hydrogen) atoms. The van der Waals surface area contributed by atoms with Crippen molar-refractivity contribution in [1.82, 2.24) is 10.5 Å². The first-order valence-electron chi connectivity index (χ1n) is 9.39. The first-order valence-corrected chi connectivity index (χ1v) is 9.39. The molecule has 3 rings (SSSR count). The van der Waals surface area contributed by atoms with Crippen molar-refractivity contribution in [3.05, 3.63) is 17.0 Å². The highest BCUT2D eigenvalue weighted by Gasteiger charge is 2.55. The van der Waals surface area contributed by atoms with Gasteiger partial charge in [-0.25, -0.2) is 0 Å². The Morgan fingerprint density at radius 2 is 2.08 bits per heavy atom. The van der Waals surface area contributed by atoms with Crippen molar-refractivity contribution in [3.63, 3.8) is 0 Å². The van der Waals surface area contributed by atoms with E-state index >= 15 is 0 Å². The molecule has 0 aliphatic heterocycles. The monoisotopic (exact) mass is 334 g/mol. The molecule has 1 aromatic rings. The van der Waals surface area contributed by atoms with E-state index in [0.717, 1.165) is 30.0 Å². The van der Waals surface area contributed by atoms with E-state index in [9.17, 15) is 4.79 Å². The van der Waals surface area contributed by atoms with Crippen LogP contribution in [0.1, 0.15) is 68.9 Å². The van der Waals surface area contributed by atoms with E-state index in [1.54, 1.807) is 0 Å². The molecule has 1 amide bonds. The summed E-state index contributed by atoms with van der Waals surface area (Å²) < 4.78 is 11.1. The van der Waals surface area contributed by atoms with Crippen molar-refractivity contribution < 1.29 is 14.1 Å². The molecule has 5 heteroatoms. The van der Waals surface area contributed by atoms with Gasteiger partial charge in [-0.2, -0.15) is 0 Å². The first kappa shape index (κ1) is 17.5. The summed E-state index contributed by atoms with van der Waals surface area (Å²) in [5, 5.41) is 7.25. The molecule has 2 aliphatic rings. The Morgan fingerprint density at radius 3 is 2.71 bits per heavy atom. The maximum absolute atomic E-state index is 12.5. The molecular weight excluding hydrogens is 304 g/mol. The first-order chi connectivity index (χ1) is 11.6. The smallest absolute Gasteiger partial charge is 0.220 e. The van der Waals surface area contributed by atoms with Gasteiger partial charge in [0.25, 0.3) is 0 Å². The number of hydrogen-bond acceptors (Lipinski definition) is 4. The lowest BCUT2D eigenvalue weighted by atomic mass is 9.55. The molecule has 1 heterocycles. The van der Waals surface area contributed by atoms with Gasteiger partial charge in [0.2, 0.25) is 5.91 Å². The summed E-state index contributed by atoms with van der Waals surface area (Å²) in [6.45, 7) is 6.66. The number of aryl methyl sites for hydroxylation is 2. The van der Waals surface area contributed by atoms with Crippen LogP contribution in [0, 0.1) is 19.3 Å². The van der Waals surface area contributed by atoms with Crippen LogP contribution < -0.4 is 5.32 Å². The summed E-state index contributed by atoms with van der Waals surface area (Å²) in [7, 11) is 0. The molecule has 0 unspecified atom stereocenters. The predicted molar refractivity (Wildman–Crippen MR) is 91.8 cm³/mol. The second kappa shape index (κ2) is 7.26. The largest absolute Gasteiger partial charge is 0.378 e. The number of ether oxygens (including phenoxy) is 1. The van der Waals surface area contributed by atoms with Crippen molar-refractivity contribution in [2.45, 2.75) is 84.3 Å². The van der Waals surface area contributed by atoms with Gasteiger partial charge < -0.3 is 14.6 Å². The molecular formula is C19H30N2O3. The molecule has 0 aromatic carbocycles. The SMILES string of the molecule is CCO[C@@H]1C[C@@H](NC(=O)CCc2c(C)noc2C)C12CCCCC2. The number of nitrogens with zero attached hydrogens (tertiary/aromatic N) is 1. The zero-order valence-corrected chi connectivity index (χ0v) is 15.2. The van der Waals surface area contributed by atoms with Gasteiger partial charge in [0.1, 0.15) is 5.76 Å². The topological polar surface area (TPSA) is 64.4 Å². The quantitative estimate of drug-likeness (QED) is 0.865. The van der Waals surface area contributed by atoms with Crippen LogP contribution in [0.5, 0.6) is 0 Å². The number of carbonyl (C=O) groups is 1. The predicted octanol–water partition coefficient (Wildman–Crippen LogP) is 3.47.